The zero-order valence-corrected chi connectivity index (χ0v) is 13.9. The standard InChI is InChI=1S/C14H20INO3/c1-5-14(18-4,19-13(17)16-10(2)3)11-8-6-7-9-12(11)15/h6-10H,5H2,1-4H3,(H,16,17)/t14-/m0/s1. The molecule has 0 aliphatic carbocycles. The molecule has 0 aliphatic heterocycles. The molecule has 1 atom stereocenters. The van der Waals surface area contributed by atoms with Gasteiger partial charge in [0, 0.05) is 28.7 Å². The lowest BCUT2D eigenvalue weighted by Crippen LogP contribution is -2.40. The molecule has 1 aromatic rings. The van der Waals surface area contributed by atoms with E-state index in [9.17, 15) is 4.79 Å². The number of benzene rings is 1. The lowest BCUT2D eigenvalue weighted by atomic mass is 10.0. The molecular weight excluding hydrogens is 357 g/mol. The molecule has 0 saturated heterocycles. The second kappa shape index (κ2) is 7.09. The van der Waals surface area contributed by atoms with E-state index in [0.29, 0.717) is 6.42 Å². The number of ether oxygens (including phenoxy) is 2. The number of carbonyl (C=O) groups is 1. The Morgan fingerprint density at radius 2 is 2.05 bits per heavy atom. The van der Waals surface area contributed by atoms with Crippen molar-refractivity contribution in [3.8, 4) is 0 Å². The van der Waals surface area contributed by atoms with Gasteiger partial charge in [-0.15, -0.1) is 0 Å². The molecule has 0 bridgehead atoms. The van der Waals surface area contributed by atoms with Crippen LogP contribution in [0.3, 0.4) is 0 Å². The third-order valence-corrected chi connectivity index (χ3v) is 3.68. The van der Waals surface area contributed by atoms with Gasteiger partial charge in [0.15, 0.2) is 0 Å². The summed E-state index contributed by atoms with van der Waals surface area (Å²) in [5, 5.41) is 2.71. The molecule has 0 unspecified atom stereocenters. The van der Waals surface area contributed by atoms with Gasteiger partial charge in [0.1, 0.15) is 0 Å². The number of methoxy groups -OCH3 is 1. The molecule has 4 nitrogen and oxygen atoms in total. The van der Waals surface area contributed by atoms with Gasteiger partial charge in [-0.2, -0.15) is 0 Å². The molecule has 0 heterocycles. The summed E-state index contributed by atoms with van der Waals surface area (Å²) in [4.78, 5) is 11.9. The molecule has 0 aromatic heterocycles. The van der Waals surface area contributed by atoms with Crippen molar-refractivity contribution in [1.29, 1.82) is 0 Å². The van der Waals surface area contributed by atoms with Crippen LogP contribution < -0.4 is 5.32 Å². The van der Waals surface area contributed by atoms with E-state index in [4.69, 9.17) is 9.47 Å². The smallest absolute Gasteiger partial charge is 0.410 e. The van der Waals surface area contributed by atoms with Gasteiger partial charge in [0.25, 0.3) is 0 Å². The number of carbonyl (C=O) groups excluding carboxylic acids is 1. The molecule has 19 heavy (non-hydrogen) atoms. The van der Waals surface area contributed by atoms with E-state index in [-0.39, 0.29) is 6.04 Å². The highest BCUT2D eigenvalue weighted by atomic mass is 127. The largest absolute Gasteiger partial charge is 0.412 e. The fraction of sp³-hybridized carbons (Fsp3) is 0.500. The minimum absolute atomic E-state index is 0.0220. The Morgan fingerprint density at radius 1 is 1.42 bits per heavy atom. The van der Waals surface area contributed by atoms with Gasteiger partial charge < -0.3 is 14.8 Å². The van der Waals surface area contributed by atoms with Crippen LogP contribution in [0.4, 0.5) is 4.79 Å². The molecule has 1 aromatic carbocycles. The molecule has 1 rings (SSSR count). The summed E-state index contributed by atoms with van der Waals surface area (Å²) in [6, 6.07) is 7.74. The summed E-state index contributed by atoms with van der Waals surface area (Å²) < 4.78 is 12.1. The quantitative estimate of drug-likeness (QED) is 0.630. The van der Waals surface area contributed by atoms with E-state index in [1.165, 1.54) is 0 Å². The maximum absolute atomic E-state index is 11.9. The van der Waals surface area contributed by atoms with Crippen LogP contribution in [-0.4, -0.2) is 19.2 Å². The molecule has 5 heteroatoms. The number of alkyl carbamates (subject to hydrolysis) is 1. The number of hydrogen-bond donors (Lipinski definition) is 1. The van der Waals surface area contributed by atoms with Crippen LogP contribution >= 0.6 is 22.6 Å². The van der Waals surface area contributed by atoms with Gasteiger partial charge in [0.2, 0.25) is 5.79 Å². The molecule has 1 amide bonds. The summed E-state index contributed by atoms with van der Waals surface area (Å²) >= 11 is 2.21. The molecule has 1 N–H and O–H groups in total. The Hall–Kier alpha value is -0.820. The molecule has 106 valence electrons. The van der Waals surface area contributed by atoms with Crippen molar-refractivity contribution < 1.29 is 14.3 Å². The van der Waals surface area contributed by atoms with Gasteiger partial charge in [-0.05, 0) is 42.5 Å². The van der Waals surface area contributed by atoms with Crippen LogP contribution in [0, 0.1) is 3.57 Å². The van der Waals surface area contributed by atoms with Gasteiger partial charge in [0.05, 0.1) is 0 Å². The maximum atomic E-state index is 11.9. The predicted octanol–water partition coefficient (Wildman–Crippen LogP) is 3.64. The third kappa shape index (κ3) is 4.07. The summed E-state index contributed by atoms with van der Waals surface area (Å²) in [7, 11) is 1.55. The van der Waals surface area contributed by atoms with Crippen LogP contribution in [0.2, 0.25) is 0 Å². The summed E-state index contributed by atoms with van der Waals surface area (Å²) in [6.45, 7) is 5.69. The third-order valence-electron chi connectivity index (χ3n) is 2.74. The van der Waals surface area contributed by atoms with E-state index in [0.717, 1.165) is 9.13 Å². The predicted molar refractivity (Wildman–Crippen MR) is 82.9 cm³/mol. The number of amides is 1. The Bertz CT molecular complexity index is 430. The Balaban J connectivity index is 3.04. The SMILES string of the molecule is CC[C@](OC)(OC(=O)NC(C)C)c1ccccc1I. The van der Waals surface area contributed by atoms with Crippen molar-refractivity contribution in [3.63, 3.8) is 0 Å². The second-order valence-electron chi connectivity index (χ2n) is 4.48. The van der Waals surface area contributed by atoms with Crippen LogP contribution in [0.15, 0.2) is 24.3 Å². The maximum Gasteiger partial charge on any atom is 0.410 e. The lowest BCUT2D eigenvalue weighted by Gasteiger charge is -2.32. The van der Waals surface area contributed by atoms with E-state index in [1.807, 2.05) is 45.0 Å². The van der Waals surface area contributed by atoms with E-state index in [2.05, 4.69) is 27.9 Å². The van der Waals surface area contributed by atoms with Crippen LogP contribution in [0.1, 0.15) is 32.8 Å². The highest BCUT2D eigenvalue weighted by Crippen LogP contribution is 2.33. The minimum atomic E-state index is -1.04. The molecule has 0 aliphatic rings. The minimum Gasteiger partial charge on any atom is -0.412 e. The Morgan fingerprint density at radius 3 is 2.53 bits per heavy atom. The first-order valence-electron chi connectivity index (χ1n) is 6.25. The second-order valence-corrected chi connectivity index (χ2v) is 5.64. The van der Waals surface area contributed by atoms with Crippen molar-refractivity contribution in [1.82, 2.24) is 5.32 Å². The summed E-state index contributed by atoms with van der Waals surface area (Å²) in [5.74, 6) is -1.04. The number of rotatable bonds is 5. The lowest BCUT2D eigenvalue weighted by molar-refractivity contribution is -0.196. The van der Waals surface area contributed by atoms with E-state index >= 15 is 0 Å². The van der Waals surface area contributed by atoms with Crippen molar-refractivity contribution in [2.24, 2.45) is 0 Å². The summed E-state index contributed by atoms with van der Waals surface area (Å²) in [6.07, 6.45) is 0.0630. The van der Waals surface area contributed by atoms with E-state index < -0.39 is 11.9 Å². The van der Waals surface area contributed by atoms with Crippen LogP contribution in [-0.2, 0) is 15.3 Å². The first-order chi connectivity index (χ1) is 8.95. The topological polar surface area (TPSA) is 47.6 Å². The van der Waals surface area contributed by atoms with E-state index in [1.54, 1.807) is 7.11 Å². The van der Waals surface area contributed by atoms with Crippen LogP contribution in [0.25, 0.3) is 0 Å². The number of hydrogen-bond acceptors (Lipinski definition) is 3. The fourth-order valence-corrected chi connectivity index (χ4v) is 2.60. The first-order valence-corrected chi connectivity index (χ1v) is 7.32. The molecule has 0 spiro atoms. The van der Waals surface area contributed by atoms with Gasteiger partial charge in [-0.1, -0.05) is 25.1 Å². The fourth-order valence-electron chi connectivity index (χ4n) is 1.80. The molecule has 0 fully saturated rings. The van der Waals surface area contributed by atoms with Crippen LogP contribution in [0.5, 0.6) is 0 Å². The van der Waals surface area contributed by atoms with Crippen molar-refractivity contribution >= 4 is 28.7 Å². The first kappa shape index (κ1) is 16.2. The normalized spacial score (nSPS) is 14.0. The zero-order chi connectivity index (χ0) is 14.5. The molecule has 0 radical (unpaired) electrons. The average molecular weight is 377 g/mol. The van der Waals surface area contributed by atoms with Gasteiger partial charge in [-0.25, -0.2) is 4.79 Å². The van der Waals surface area contributed by atoms with Crippen molar-refractivity contribution in [2.45, 2.75) is 39.0 Å². The highest BCUT2D eigenvalue weighted by molar-refractivity contribution is 14.1. The van der Waals surface area contributed by atoms with Gasteiger partial charge in [-0.3, -0.25) is 0 Å². The molecular formula is C14H20INO3. The van der Waals surface area contributed by atoms with Gasteiger partial charge >= 0.3 is 6.09 Å². The van der Waals surface area contributed by atoms with Crippen molar-refractivity contribution in [3.05, 3.63) is 33.4 Å². The zero-order valence-electron chi connectivity index (χ0n) is 11.7. The van der Waals surface area contributed by atoms with Crippen molar-refractivity contribution in [2.75, 3.05) is 7.11 Å². The monoisotopic (exact) mass is 377 g/mol. The Kier molecular flexibility index (Phi) is 6.06. The highest BCUT2D eigenvalue weighted by Gasteiger charge is 2.36. The average Bonchev–Trinajstić information content (AvgIpc) is 2.36. The number of halogens is 1. The molecule has 0 saturated carbocycles. The number of nitrogens with one attached hydrogen (secondary N) is 1. The summed E-state index contributed by atoms with van der Waals surface area (Å²) in [5.41, 5.74) is 0.861. The Labute approximate surface area is 128 Å².